The summed E-state index contributed by atoms with van der Waals surface area (Å²) in [6.07, 6.45) is 7.01. The summed E-state index contributed by atoms with van der Waals surface area (Å²) in [7, 11) is 0. The van der Waals surface area contributed by atoms with Gasteiger partial charge in [0.1, 0.15) is 11.6 Å². The van der Waals surface area contributed by atoms with Gasteiger partial charge in [-0.2, -0.15) is 0 Å². The second-order valence-corrected chi connectivity index (χ2v) is 4.11. The SMILES string of the molecule is Nc1cnc(NCC2(O)CCCC2)cn1. The number of hydrogen-bond acceptors (Lipinski definition) is 5. The number of nitrogens with two attached hydrogens (primary N) is 1. The average molecular weight is 208 g/mol. The Balaban J connectivity index is 1.90. The van der Waals surface area contributed by atoms with E-state index in [0.29, 0.717) is 18.2 Å². The van der Waals surface area contributed by atoms with Gasteiger partial charge in [-0.25, -0.2) is 9.97 Å². The molecule has 0 unspecified atom stereocenters. The van der Waals surface area contributed by atoms with E-state index in [0.717, 1.165) is 25.7 Å². The second-order valence-electron chi connectivity index (χ2n) is 4.11. The van der Waals surface area contributed by atoms with Gasteiger partial charge in [-0.05, 0) is 12.8 Å². The lowest BCUT2D eigenvalue weighted by molar-refractivity contribution is 0.0614. The van der Waals surface area contributed by atoms with E-state index in [4.69, 9.17) is 5.73 Å². The first-order chi connectivity index (χ1) is 7.18. The van der Waals surface area contributed by atoms with Crippen molar-refractivity contribution in [2.75, 3.05) is 17.6 Å². The minimum absolute atomic E-state index is 0.403. The summed E-state index contributed by atoms with van der Waals surface area (Å²) in [5.41, 5.74) is 4.85. The van der Waals surface area contributed by atoms with E-state index >= 15 is 0 Å². The van der Waals surface area contributed by atoms with E-state index in [1.165, 1.54) is 6.20 Å². The Hall–Kier alpha value is -1.36. The molecule has 5 nitrogen and oxygen atoms in total. The first kappa shape index (κ1) is 10.2. The molecule has 4 N–H and O–H groups in total. The third kappa shape index (κ3) is 2.56. The van der Waals surface area contributed by atoms with Crippen molar-refractivity contribution in [2.24, 2.45) is 0 Å². The molecule has 0 aliphatic heterocycles. The fourth-order valence-electron chi connectivity index (χ4n) is 1.89. The normalized spacial score (nSPS) is 19.0. The molecule has 1 saturated carbocycles. The van der Waals surface area contributed by atoms with Gasteiger partial charge in [0.2, 0.25) is 0 Å². The lowest BCUT2D eigenvalue weighted by Gasteiger charge is -2.22. The quantitative estimate of drug-likeness (QED) is 0.683. The molecule has 0 saturated heterocycles. The van der Waals surface area contributed by atoms with Crippen LogP contribution in [0.3, 0.4) is 0 Å². The molecule has 0 bridgehead atoms. The summed E-state index contributed by atoms with van der Waals surface area (Å²) in [6.45, 7) is 0.533. The van der Waals surface area contributed by atoms with E-state index in [1.54, 1.807) is 6.20 Å². The Morgan fingerprint density at radius 1 is 1.33 bits per heavy atom. The van der Waals surface area contributed by atoms with Gasteiger partial charge in [-0.3, -0.25) is 0 Å². The molecule has 1 aliphatic carbocycles. The number of hydrogen-bond donors (Lipinski definition) is 3. The number of rotatable bonds is 3. The second kappa shape index (κ2) is 4.02. The van der Waals surface area contributed by atoms with E-state index in [-0.39, 0.29) is 0 Å². The lowest BCUT2D eigenvalue weighted by atomic mass is 10.0. The molecule has 0 atom stereocenters. The predicted molar refractivity (Wildman–Crippen MR) is 58.4 cm³/mol. The highest BCUT2D eigenvalue weighted by Crippen LogP contribution is 2.29. The highest BCUT2D eigenvalue weighted by molar-refractivity contribution is 5.36. The van der Waals surface area contributed by atoms with E-state index < -0.39 is 5.60 Å². The van der Waals surface area contributed by atoms with Crippen molar-refractivity contribution in [1.82, 2.24) is 9.97 Å². The Kier molecular flexibility index (Phi) is 2.73. The zero-order chi connectivity index (χ0) is 10.7. The molecule has 1 aromatic rings. The molecule has 0 radical (unpaired) electrons. The van der Waals surface area contributed by atoms with Gasteiger partial charge in [0.15, 0.2) is 0 Å². The zero-order valence-electron chi connectivity index (χ0n) is 8.61. The molecule has 1 aliphatic rings. The Morgan fingerprint density at radius 2 is 2.07 bits per heavy atom. The van der Waals surface area contributed by atoms with Crippen LogP contribution < -0.4 is 11.1 Å². The van der Waals surface area contributed by atoms with Gasteiger partial charge in [-0.15, -0.1) is 0 Å². The minimum atomic E-state index is -0.566. The van der Waals surface area contributed by atoms with Crippen LogP contribution in [0.25, 0.3) is 0 Å². The van der Waals surface area contributed by atoms with Crippen molar-refractivity contribution < 1.29 is 5.11 Å². The van der Waals surface area contributed by atoms with Crippen molar-refractivity contribution in [3.05, 3.63) is 12.4 Å². The Labute approximate surface area is 88.7 Å². The van der Waals surface area contributed by atoms with Gasteiger partial charge in [-0.1, -0.05) is 12.8 Å². The van der Waals surface area contributed by atoms with Crippen LogP contribution in [0.2, 0.25) is 0 Å². The fraction of sp³-hybridized carbons (Fsp3) is 0.600. The van der Waals surface area contributed by atoms with Gasteiger partial charge < -0.3 is 16.2 Å². The average Bonchev–Trinajstić information content (AvgIpc) is 2.65. The summed E-state index contributed by atoms with van der Waals surface area (Å²) in [5, 5.41) is 13.1. The smallest absolute Gasteiger partial charge is 0.144 e. The van der Waals surface area contributed by atoms with Crippen molar-refractivity contribution in [3.8, 4) is 0 Å². The topological polar surface area (TPSA) is 84.1 Å². The molecule has 1 fully saturated rings. The van der Waals surface area contributed by atoms with Crippen molar-refractivity contribution in [2.45, 2.75) is 31.3 Å². The maximum absolute atomic E-state index is 10.1. The third-order valence-corrected chi connectivity index (χ3v) is 2.80. The molecule has 0 aromatic carbocycles. The van der Waals surface area contributed by atoms with Crippen molar-refractivity contribution in [1.29, 1.82) is 0 Å². The summed E-state index contributed by atoms with van der Waals surface area (Å²) < 4.78 is 0. The molecule has 15 heavy (non-hydrogen) atoms. The summed E-state index contributed by atoms with van der Waals surface area (Å²) >= 11 is 0. The lowest BCUT2D eigenvalue weighted by Crippen LogP contribution is -2.33. The standard InChI is InChI=1S/C10H16N4O/c11-8-5-13-9(6-12-8)14-7-10(15)3-1-2-4-10/h5-6,15H,1-4,7H2,(H2,11,12)(H,13,14). The number of nitrogens with zero attached hydrogens (tertiary/aromatic N) is 2. The largest absolute Gasteiger partial charge is 0.388 e. The highest BCUT2D eigenvalue weighted by atomic mass is 16.3. The van der Waals surface area contributed by atoms with Gasteiger partial charge in [0, 0.05) is 6.54 Å². The molecule has 1 aromatic heterocycles. The molecular formula is C10H16N4O. The van der Waals surface area contributed by atoms with Crippen LogP contribution in [0.5, 0.6) is 0 Å². The number of nitrogens with one attached hydrogen (secondary N) is 1. The van der Waals surface area contributed by atoms with Crippen LogP contribution in [0.1, 0.15) is 25.7 Å². The summed E-state index contributed by atoms with van der Waals surface area (Å²) in [5.74, 6) is 1.06. The number of anilines is 2. The number of nitrogen functional groups attached to an aromatic ring is 1. The van der Waals surface area contributed by atoms with E-state index in [1.807, 2.05) is 0 Å². The van der Waals surface area contributed by atoms with Crippen molar-refractivity contribution in [3.63, 3.8) is 0 Å². The summed E-state index contributed by atoms with van der Waals surface area (Å²) in [6, 6.07) is 0. The Bertz CT molecular complexity index is 319. The molecule has 82 valence electrons. The van der Waals surface area contributed by atoms with Crippen LogP contribution in [0, 0.1) is 0 Å². The predicted octanol–water partition coefficient (Wildman–Crippen LogP) is 0.776. The maximum Gasteiger partial charge on any atom is 0.144 e. The molecule has 1 heterocycles. The molecule has 0 spiro atoms. The van der Waals surface area contributed by atoms with Crippen LogP contribution in [0.4, 0.5) is 11.6 Å². The minimum Gasteiger partial charge on any atom is -0.388 e. The van der Waals surface area contributed by atoms with Gasteiger partial charge in [0.05, 0.1) is 18.0 Å². The summed E-state index contributed by atoms with van der Waals surface area (Å²) in [4.78, 5) is 7.98. The van der Waals surface area contributed by atoms with Gasteiger partial charge in [0.25, 0.3) is 0 Å². The highest BCUT2D eigenvalue weighted by Gasteiger charge is 2.30. The number of aliphatic hydroxyl groups is 1. The fourth-order valence-corrected chi connectivity index (χ4v) is 1.89. The monoisotopic (exact) mass is 208 g/mol. The van der Waals surface area contributed by atoms with Crippen LogP contribution >= 0.6 is 0 Å². The Morgan fingerprint density at radius 3 is 2.67 bits per heavy atom. The van der Waals surface area contributed by atoms with Crippen LogP contribution in [-0.4, -0.2) is 27.2 Å². The molecule has 5 heteroatoms. The first-order valence-corrected chi connectivity index (χ1v) is 5.22. The van der Waals surface area contributed by atoms with Crippen molar-refractivity contribution >= 4 is 11.6 Å². The van der Waals surface area contributed by atoms with Crippen LogP contribution in [-0.2, 0) is 0 Å². The van der Waals surface area contributed by atoms with Gasteiger partial charge >= 0.3 is 0 Å². The van der Waals surface area contributed by atoms with Crippen LogP contribution in [0.15, 0.2) is 12.4 Å². The zero-order valence-corrected chi connectivity index (χ0v) is 8.61. The first-order valence-electron chi connectivity index (χ1n) is 5.22. The van der Waals surface area contributed by atoms with E-state index in [2.05, 4.69) is 15.3 Å². The maximum atomic E-state index is 10.1. The third-order valence-electron chi connectivity index (χ3n) is 2.80. The van der Waals surface area contributed by atoms with E-state index in [9.17, 15) is 5.11 Å². The molecule has 0 amide bonds. The molecule has 2 rings (SSSR count). The molecular weight excluding hydrogens is 192 g/mol. The number of aromatic nitrogens is 2.